The number of phosphoric ester groups is 1. The van der Waals surface area contributed by atoms with E-state index < -0.39 is 26.6 Å². The first-order chi connectivity index (χ1) is 20.0. The molecule has 0 radical (unpaired) electrons. The monoisotopic (exact) mass is 616 g/mol. The van der Waals surface area contributed by atoms with Crippen LogP contribution in [0.1, 0.15) is 129 Å². The normalized spacial score (nSPS) is 15.3. The summed E-state index contributed by atoms with van der Waals surface area (Å²) in [5.74, 6) is -0.214. The Morgan fingerprint density at radius 1 is 0.810 bits per heavy atom. The molecule has 0 aliphatic heterocycles. The minimum atomic E-state index is -4.57. The van der Waals surface area contributed by atoms with Crippen molar-refractivity contribution in [2.45, 2.75) is 142 Å². The average Bonchev–Trinajstić information content (AvgIpc) is 2.92. The van der Waals surface area contributed by atoms with E-state index in [9.17, 15) is 19.4 Å². The SMILES string of the molecule is CCCCC/C=C/CC/C=C/C(O)C(COP(=O)([O-])OCC[N+](C)(C)C)NC(=O)CCCCCCCCCCCCC. The maximum absolute atomic E-state index is 12.7. The van der Waals surface area contributed by atoms with Gasteiger partial charge < -0.3 is 28.8 Å². The van der Waals surface area contributed by atoms with Gasteiger partial charge in [-0.1, -0.05) is 115 Å². The van der Waals surface area contributed by atoms with Gasteiger partial charge in [0.15, 0.2) is 0 Å². The van der Waals surface area contributed by atoms with E-state index in [1.807, 2.05) is 27.2 Å². The van der Waals surface area contributed by atoms with Gasteiger partial charge in [0.05, 0.1) is 39.9 Å². The molecule has 42 heavy (non-hydrogen) atoms. The van der Waals surface area contributed by atoms with Gasteiger partial charge in [-0.15, -0.1) is 0 Å². The molecule has 0 saturated heterocycles. The molecule has 0 aromatic rings. The molecule has 0 bridgehead atoms. The highest BCUT2D eigenvalue weighted by Crippen LogP contribution is 2.38. The molecule has 248 valence electrons. The molecule has 0 heterocycles. The molecule has 8 nitrogen and oxygen atoms in total. The summed E-state index contributed by atoms with van der Waals surface area (Å²) in [5, 5.41) is 13.6. The summed E-state index contributed by atoms with van der Waals surface area (Å²) in [7, 11) is 1.24. The smallest absolute Gasteiger partial charge is 0.268 e. The molecule has 0 aliphatic carbocycles. The van der Waals surface area contributed by atoms with Crippen molar-refractivity contribution in [1.82, 2.24) is 5.32 Å². The van der Waals surface area contributed by atoms with Crippen LogP contribution in [-0.2, 0) is 18.4 Å². The van der Waals surface area contributed by atoms with Gasteiger partial charge in [-0.25, -0.2) is 0 Å². The number of nitrogens with zero attached hydrogens (tertiary/aromatic N) is 1. The molecule has 2 N–H and O–H groups in total. The summed E-state index contributed by atoms with van der Waals surface area (Å²) < 4.78 is 22.9. The van der Waals surface area contributed by atoms with Gasteiger partial charge in [0.25, 0.3) is 7.82 Å². The van der Waals surface area contributed by atoms with Crippen molar-refractivity contribution in [3.8, 4) is 0 Å². The summed E-state index contributed by atoms with van der Waals surface area (Å²) in [6.07, 6.45) is 26.6. The van der Waals surface area contributed by atoms with Gasteiger partial charge in [-0.05, 0) is 32.1 Å². The average molecular weight is 617 g/mol. The fraction of sp³-hybridized carbons (Fsp3) is 0.848. The fourth-order valence-electron chi connectivity index (χ4n) is 4.40. The van der Waals surface area contributed by atoms with E-state index in [0.29, 0.717) is 17.4 Å². The molecule has 0 spiro atoms. The molecular weight excluding hydrogens is 551 g/mol. The molecule has 9 heteroatoms. The molecule has 3 unspecified atom stereocenters. The molecule has 0 fully saturated rings. The Bertz CT molecular complexity index is 753. The summed E-state index contributed by atoms with van der Waals surface area (Å²) >= 11 is 0. The van der Waals surface area contributed by atoms with Crippen molar-refractivity contribution in [1.29, 1.82) is 0 Å². The number of aliphatic hydroxyl groups excluding tert-OH is 1. The number of hydrogen-bond acceptors (Lipinski definition) is 6. The number of unbranched alkanes of at least 4 members (excludes halogenated alkanes) is 14. The summed E-state index contributed by atoms with van der Waals surface area (Å²) in [5.41, 5.74) is 0. The number of carbonyl (C=O) groups is 1. The first-order valence-corrected chi connectivity index (χ1v) is 18.2. The number of aliphatic hydroxyl groups is 1. The lowest BCUT2D eigenvalue weighted by Gasteiger charge is -2.29. The Kier molecular flexibility index (Phi) is 25.7. The van der Waals surface area contributed by atoms with Crippen LogP contribution in [0.2, 0.25) is 0 Å². The highest BCUT2D eigenvalue weighted by molar-refractivity contribution is 7.45. The largest absolute Gasteiger partial charge is 0.756 e. The number of phosphoric acid groups is 1. The number of amides is 1. The van der Waals surface area contributed by atoms with Crippen LogP contribution in [0.25, 0.3) is 0 Å². The zero-order valence-electron chi connectivity index (χ0n) is 27.7. The maximum atomic E-state index is 12.7. The second kappa shape index (κ2) is 26.4. The fourth-order valence-corrected chi connectivity index (χ4v) is 5.12. The van der Waals surface area contributed by atoms with Crippen molar-refractivity contribution in [2.24, 2.45) is 0 Å². The molecule has 0 aliphatic rings. The van der Waals surface area contributed by atoms with E-state index in [0.717, 1.165) is 38.5 Å². The van der Waals surface area contributed by atoms with Gasteiger partial charge in [-0.3, -0.25) is 9.36 Å². The second-order valence-corrected chi connectivity index (χ2v) is 13.9. The van der Waals surface area contributed by atoms with Crippen LogP contribution < -0.4 is 10.2 Å². The first-order valence-electron chi connectivity index (χ1n) is 16.7. The Hall–Kier alpha value is -1.02. The predicted molar refractivity (Wildman–Crippen MR) is 173 cm³/mol. The Morgan fingerprint density at radius 2 is 1.33 bits per heavy atom. The van der Waals surface area contributed by atoms with Crippen molar-refractivity contribution in [3.05, 3.63) is 24.3 Å². The molecule has 0 aromatic heterocycles. The highest BCUT2D eigenvalue weighted by atomic mass is 31.2. The third-order valence-corrected chi connectivity index (χ3v) is 8.13. The summed E-state index contributed by atoms with van der Waals surface area (Å²) in [6, 6.07) is -0.893. The second-order valence-electron chi connectivity index (χ2n) is 12.5. The third kappa shape index (κ3) is 27.8. The van der Waals surface area contributed by atoms with E-state index in [-0.39, 0.29) is 12.5 Å². The zero-order valence-corrected chi connectivity index (χ0v) is 28.6. The maximum Gasteiger partial charge on any atom is 0.268 e. The van der Waals surface area contributed by atoms with E-state index in [1.165, 1.54) is 70.6 Å². The van der Waals surface area contributed by atoms with Crippen LogP contribution in [0.4, 0.5) is 0 Å². The van der Waals surface area contributed by atoms with Gasteiger partial charge in [0.1, 0.15) is 13.2 Å². The van der Waals surface area contributed by atoms with Crippen LogP contribution in [0, 0.1) is 0 Å². The van der Waals surface area contributed by atoms with Crippen molar-refractivity contribution in [3.63, 3.8) is 0 Å². The van der Waals surface area contributed by atoms with E-state index in [1.54, 1.807) is 6.08 Å². The third-order valence-electron chi connectivity index (χ3n) is 7.16. The minimum Gasteiger partial charge on any atom is -0.756 e. The van der Waals surface area contributed by atoms with Crippen molar-refractivity contribution < 1.29 is 32.9 Å². The Morgan fingerprint density at radius 3 is 1.93 bits per heavy atom. The number of quaternary nitrogens is 1. The predicted octanol–water partition coefficient (Wildman–Crippen LogP) is 7.21. The molecule has 1 amide bonds. The lowest BCUT2D eigenvalue weighted by molar-refractivity contribution is -0.870. The molecule has 0 rings (SSSR count). The van der Waals surface area contributed by atoms with Crippen LogP contribution >= 0.6 is 7.82 Å². The van der Waals surface area contributed by atoms with Gasteiger partial charge >= 0.3 is 0 Å². The number of carbonyl (C=O) groups excluding carboxylic acids is 1. The quantitative estimate of drug-likeness (QED) is 0.0398. The van der Waals surface area contributed by atoms with E-state index in [2.05, 4.69) is 31.3 Å². The standard InChI is InChI=1S/C33H65N2O6P/c1-6-8-10-12-14-16-17-19-21-23-25-27-33(37)34-31(30-41-42(38,39)40-29-28-35(3,4)5)32(36)26-24-22-20-18-15-13-11-9-7-2/h15,18,24,26,31-32,36H,6-14,16-17,19-23,25,27-30H2,1-5H3,(H-,34,37,38,39)/b18-15+,26-24+. The zero-order chi connectivity index (χ0) is 31.5. The van der Waals surface area contributed by atoms with Crippen molar-refractivity contribution >= 4 is 13.7 Å². The number of nitrogens with one attached hydrogen (secondary N) is 1. The van der Waals surface area contributed by atoms with E-state index >= 15 is 0 Å². The summed E-state index contributed by atoms with van der Waals surface area (Å²) in [6.45, 7) is 4.52. The summed E-state index contributed by atoms with van der Waals surface area (Å²) in [4.78, 5) is 25.0. The Labute approximate surface area is 258 Å². The molecule has 0 aromatic carbocycles. The van der Waals surface area contributed by atoms with E-state index in [4.69, 9.17) is 9.05 Å². The van der Waals surface area contributed by atoms with Gasteiger partial charge in [0, 0.05) is 6.42 Å². The number of hydrogen-bond donors (Lipinski definition) is 2. The number of allylic oxidation sites excluding steroid dienone is 3. The first kappa shape index (κ1) is 41.0. The molecule has 3 atom stereocenters. The van der Waals surface area contributed by atoms with Gasteiger partial charge in [-0.2, -0.15) is 0 Å². The van der Waals surface area contributed by atoms with Crippen molar-refractivity contribution in [2.75, 3.05) is 40.9 Å². The number of rotatable bonds is 29. The van der Waals surface area contributed by atoms with Crippen LogP contribution in [0.15, 0.2) is 24.3 Å². The Balaban J connectivity index is 4.66. The molecule has 0 saturated carbocycles. The van der Waals surface area contributed by atoms with Crippen LogP contribution in [-0.4, -0.2) is 68.5 Å². The topological polar surface area (TPSA) is 108 Å². The van der Waals surface area contributed by atoms with Gasteiger partial charge in [0.2, 0.25) is 5.91 Å². The van der Waals surface area contributed by atoms with Crippen LogP contribution in [0.3, 0.4) is 0 Å². The lowest BCUT2D eigenvalue weighted by atomic mass is 10.0. The van der Waals surface area contributed by atoms with Crippen LogP contribution in [0.5, 0.6) is 0 Å². The number of likely N-dealkylation sites (N-methyl/N-ethyl adjacent to an activating group) is 1. The lowest BCUT2D eigenvalue weighted by Crippen LogP contribution is -2.45. The minimum absolute atomic E-state index is 0.00538. The molecular formula is C33H65N2O6P. The highest BCUT2D eigenvalue weighted by Gasteiger charge is 2.23.